The van der Waals surface area contributed by atoms with Crippen LogP contribution in [0, 0.1) is 0 Å². The van der Waals surface area contributed by atoms with Crippen LogP contribution in [0.4, 0.5) is 0 Å². The Bertz CT molecular complexity index is 532. The maximum atomic E-state index is 6.27. The van der Waals surface area contributed by atoms with Gasteiger partial charge >= 0.3 is 0 Å². The van der Waals surface area contributed by atoms with Crippen molar-refractivity contribution >= 4 is 17.6 Å². The normalized spacial score (nSPS) is 17.6. The maximum absolute atomic E-state index is 6.27. The Hall–Kier alpha value is -1.30. The first-order chi connectivity index (χ1) is 11.6. The van der Waals surface area contributed by atoms with Crippen LogP contribution in [-0.4, -0.2) is 68.2 Å². The van der Waals surface area contributed by atoms with E-state index in [1.54, 1.807) is 0 Å². The van der Waals surface area contributed by atoms with Gasteiger partial charge in [-0.3, -0.25) is 9.89 Å². The summed E-state index contributed by atoms with van der Waals surface area (Å²) in [7, 11) is 2.05. The molecular formula is C18H29ClN4O. The van der Waals surface area contributed by atoms with Crippen LogP contribution in [0.5, 0.6) is 0 Å². The fourth-order valence-electron chi connectivity index (χ4n) is 2.78. The number of benzene rings is 1. The monoisotopic (exact) mass is 352 g/mol. The fraction of sp³-hybridized carbons (Fsp3) is 0.611. The molecule has 24 heavy (non-hydrogen) atoms. The Morgan fingerprint density at radius 3 is 2.75 bits per heavy atom. The third-order valence-electron chi connectivity index (χ3n) is 4.24. The Labute approximate surface area is 150 Å². The molecule has 134 valence electrons. The number of nitrogens with zero attached hydrogens (tertiary/aromatic N) is 3. The van der Waals surface area contributed by atoms with Crippen molar-refractivity contribution in [2.24, 2.45) is 4.99 Å². The van der Waals surface area contributed by atoms with Gasteiger partial charge in [0, 0.05) is 44.3 Å². The molecule has 1 heterocycles. The molecule has 0 radical (unpaired) electrons. The zero-order valence-corrected chi connectivity index (χ0v) is 15.7. The Balaban J connectivity index is 1.97. The molecule has 0 aliphatic carbocycles. The fourth-order valence-corrected chi connectivity index (χ4v) is 2.97. The van der Waals surface area contributed by atoms with Gasteiger partial charge in [-0.2, -0.15) is 0 Å². The second kappa shape index (κ2) is 9.87. The Morgan fingerprint density at radius 1 is 1.38 bits per heavy atom. The second-order valence-corrected chi connectivity index (χ2v) is 6.55. The summed E-state index contributed by atoms with van der Waals surface area (Å²) >= 11 is 6.27. The zero-order valence-electron chi connectivity index (χ0n) is 15.0. The molecule has 1 N–H and O–H groups in total. The molecule has 1 aliphatic heterocycles. The van der Waals surface area contributed by atoms with Crippen LogP contribution in [-0.2, 0) is 11.3 Å². The van der Waals surface area contributed by atoms with E-state index in [4.69, 9.17) is 21.3 Å². The average molecular weight is 353 g/mol. The summed E-state index contributed by atoms with van der Waals surface area (Å²) in [6.07, 6.45) is 0. The van der Waals surface area contributed by atoms with E-state index in [0.717, 1.165) is 62.5 Å². The molecule has 2 rings (SSSR count). The Morgan fingerprint density at radius 2 is 2.08 bits per heavy atom. The van der Waals surface area contributed by atoms with Crippen LogP contribution in [0.3, 0.4) is 0 Å². The molecule has 5 nitrogen and oxygen atoms in total. The van der Waals surface area contributed by atoms with E-state index in [1.807, 2.05) is 25.2 Å². The first kappa shape index (κ1) is 19.0. The quantitative estimate of drug-likeness (QED) is 0.630. The highest BCUT2D eigenvalue weighted by atomic mass is 35.5. The van der Waals surface area contributed by atoms with Crippen LogP contribution in [0.25, 0.3) is 0 Å². The van der Waals surface area contributed by atoms with Crippen molar-refractivity contribution in [2.45, 2.75) is 26.4 Å². The lowest BCUT2D eigenvalue weighted by Crippen LogP contribution is -2.44. The lowest BCUT2D eigenvalue weighted by atomic mass is 10.2. The number of hydrogen-bond donors (Lipinski definition) is 1. The van der Waals surface area contributed by atoms with Gasteiger partial charge in [0.25, 0.3) is 0 Å². The van der Waals surface area contributed by atoms with Gasteiger partial charge < -0.3 is 15.0 Å². The SMILES string of the molecule is CCNC(=NCC(C)N1CCOCC1)N(C)Cc1ccccc1Cl. The molecule has 0 spiro atoms. The first-order valence-corrected chi connectivity index (χ1v) is 9.04. The highest BCUT2D eigenvalue weighted by Crippen LogP contribution is 2.16. The average Bonchev–Trinajstić information content (AvgIpc) is 2.61. The summed E-state index contributed by atoms with van der Waals surface area (Å²) in [5.41, 5.74) is 1.11. The van der Waals surface area contributed by atoms with E-state index in [0.29, 0.717) is 6.04 Å². The van der Waals surface area contributed by atoms with Crippen LogP contribution in [0.2, 0.25) is 5.02 Å². The topological polar surface area (TPSA) is 40.1 Å². The summed E-state index contributed by atoms with van der Waals surface area (Å²) in [6.45, 7) is 10.3. The third-order valence-corrected chi connectivity index (χ3v) is 4.60. The van der Waals surface area contributed by atoms with Gasteiger partial charge in [-0.15, -0.1) is 0 Å². The number of hydrogen-bond acceptors (Lipinski definition) is 3. The van der Waals surface area contributed by atoms with Gasteiger partial charge in [0.05, 0.1) is 19.8 Å². The standard InChI is InChI=1S/C18H29ClN4O/c1-4-20-18(21-13-15(2)23-9-11-24-12-10-23)22(3)14-16-7-5-6-8-17(16)19/h5-8,15H,4,9-14H2,1-3H3,(H,20,21). The van der Waals surface area contributed by atoms with E-state index in [2.05, 4.69) is 35.0 Å². The lowest BCUT2D eigenvalue weighted by molar-refractivity contribution is 0.0220. The summed E-state index contributed by atoms with van der Waals surface area (Å²) < 4.78 is 5.42. The lowest BCUT2D eigenvalue weighted by Gasteiger charge is -2.32. The molecule has 1 unspecified atom stereocenters. The number of morpholine rings is 1. The number of halogens is 1. The van der Waals surface area contributed by atoms with Crippen molar-refractivity contribution in [1.29, 1.82) is 0 Å². The number of ether oxygens (including phenoxy) is 1. The van der Waals surface area contributed by atoms with Gasteiger partial charge in [-0.05, 0) is 25.5 Å². The van der Waals surface area contributed by atoms with Crippen molar-refractivity contribution in [3.05, 3.63) is 34.9 Å². The van der Waals surface area contributed by atoms with Crippen molar-refractivity contribution < 1.29 is 4.74 Å². The van der Waals surface area contributed by atoms with Crippen molar-refractivity contribution in [3.8, 4) is 0 Å². The molecule has 0 saturated carbocycles. The number of aliphatic imine (C=N–C) groups is 1. The molecule has 1 aliphatic rings. The van der Waals surface area contributed by atoms with E-state index < -0.39 is 0 Å². The summed E-state index contributed by atoms with van der Waals surface area (Å²) in [5, 5.41) is 4.16. The van der Waals surface area contributed by atoms with Gasteiger partial charge in [-0.25, -0.2) is 0 Å². The van der Waals surface area contributed by atoms with Crippen molar-refractivity contribution in [1.82, 2.24) is 15.1 Å². The third kappa shape index (κ3) is 5.65. The van der Waals surface area contributed by atoms with Gasteiger partial charge in [0.2, 0.25) is 0 Å². The predicted molar refractivity (Wildman–Crippen MR) is 101 cm³/mol. The number of rotatable bonds is 6. The van der Waals surface area contributed by atoms with Gasteiger partial charge in [0.1, 0.15) is 0 Å². The summed E-state index contributed by atoms with van der Waals surface area (Å²) in [5.74, 6) is 0.914. The molecule has 1 atom stereocenters. The highest BCUT2D eigenvalue weighted by Gasteiger charge is 2.17. The maximum Gasteiger partial charge on any atom is 0.194 e. The number of nitrogens with one attached hydrogen (secondary N) is 1. The van der Waals surface area contributed by atoms with Crippen LogP contribution >= 0.6 is 11.6 Å². The van der Waals surface area contributed by atoms with E-state index >= 15 is 0 Å². The molecule has 0 aromatic heterocycles. The minimum absolute atomic E-state index is 0.413. The largest absolute Gasteiger partial charge is 0.379 e. The Kier molecular flexibility index (Phi) is 7.82. The predicted octanol–water partition coefficient (Wildman–Crippen LogP) is 2.46. The highest BCUT2D eigenvalue weighted by molar-refractivity contribution is 6.31. The first-order valence-electron chi connectivity index (χ1n) is 8.66. The molecule has 6 heteroatoms. The van der Waals surface area contributed by atoms with E-state index in [1.165, 1.54) is 0 Å². The minimum Gasteiger partial charge on any atom is -0.379 e. The minimum atomic E-state index is 0.413. The molecule has 1 aromatic carbocycles. The summed E-state index contributed by atoms with van der Waals surface area (Å²) in [6, 6.07) is 8.36. The van der Waals surface area contributed by atoms with Crippen molar-refractivity contribution in [3.63, 3.8) is 0 Å². The second-order valence-electron chi connectivity index (χ2n) is 6.14. The number of guanidine groups is 1. The van der Waals surface area contributed by atoms with Crippen LogP contribution in [0.1, 0.15) is 19.4 Å². The molecule has 0 bridgehead atoms. The molecule has 1 aromatic rings. The molecule has 1 saturated heterocycles. The van der Waals surface area contributed by atoms with Gasteiger partial charge in [0.15, 0.2) is 5.96 Å². The zero-order chi connectivity index (χ0) is 17.4. The van der Waals surface area contributed by atoms with E-state index in [9.17, 15) is 0 Å². The van der Waals surface area contributed by atoms with Gasteiger partial charge in [-0.1, -0.05) is 29.8 Å². The van der Waals surface area contributed by atoms with Crippen LogP contribution < -0.4 is 5.32 Å². The smallest absolute Gasteiger partial charge is 0.194 e. The molecule has 1 fully saturated rings. The van der Waals surface area contributed by atoms with Crippen molar-refractivity contribution in [2.75, 3.05) is 46.4 Å². The van der Waals surface area contributed by atoms with Crippen LogP contribution in [0.15, 0.2) is 29.3 Å². The summed E-state index contributed by atoms with van der Waals surface area (Å²) in [4.78, 5) is 9.38. The molecule has 0 amide bonds. The molecular weight excluding hydrogens is 324 g/mol. The van der Waals surface area contributed by atoms with E-state index in [-0.39, 0.29) is 0 Å².